The standard InChI is InChI=1S/C24H18F3N3O4.C23H16F3N3O4.C17H15NO3.C7H8N2O2.Na.H2O/c1-34-23(33)20-14-19(10-11-28-20)29-21(31)9-8-15-4-2-7-18(12-15)30-22(32)16-5-3-6-17(13-16)24(25,26)27;24-23(25,26)16-5-2-4-15(12-16)21(31)29-17-6-1-3-14(11-17)7-8-20(30)28-18-9-10-27-19(13-18)22(32)33;1-12-4-2-6-14(10-12)17(21)18-15-7-3-5-13(11-15)8-9-16(19)20;1-11-7(10)6-4-5(8)2-3-9-6;;/h2-14H,1H3,(H,30,32)(H,28,29,31);1-13H,(H,29,31)(H,32,33)(H,27,28,30);2-11H,1H3,(H,18,21)(H,19,20);2-4H,1H3,(H2,8,9);;1H2/q;;;;+1;/p-1/b9-8+;8-7+;9-8+;;;. The van der Waals surface area contributed by atoms with Crippen molar-refractivity contribution >= 4 is 106 Å². The van der Waals surface area contributed by atoms with E-state index in [1.807, 2.05) is 25.1 Å². The number of pyridine rings is 3. The fourth-order valence-electron chi connectivity index (χ4n) is 8.12. The van der Waals surface area contributed by atoms with Gasteiger partial charge in [0.1, 0.15) is 17.1 Å². The third-order valence-electron chi connectivity index (χ3n) is 12.7. The summed E-state index contributed by atoms with van der Waals surface area (Å²) in [6.45, 7) is 1.92. The Balaban J connectivity index is 0.000000301. The molecule has 3 heterocycles. The Morgan fingerprint density at radius 1 is 0.426 bits per heavy atom. The van der Waals surface area contributed by atoms with Crippen LogP contribution in [0.1, 0.15) is 95.9 Å². The van der Waals surface area contributed by atoms with Crippen LogP contribution in [0.25, 0.3) is 18.2 Å². The molecule has 0 spiro atoms. The van der Waals surface area contributed by atoms with Gasteiger partial charge in [0.2, 0.25) is 11.8 Å². The number of carbonyl (C=O) groups is 9. The van der Waals surface area contributed by atoms with Crippen LogP contribution < -0.4 is 61.9 Å². The normalized spacial score (nSPS) is 10.6. The minimum absolute atomic E-state index is 0. The van der Waals surface area contributed by atoms with Gasteiger partial charge in [-0.3, -0.25) is 24.0 Å². The Hall–Kier alpha value is -12.4. The van der Waals surface area contributed by atoms with Gasteiger partial charge in [-0.05, 0) is 163 Å². The van der Waals surface area contributed by atoms with Crippen molar-refractivity contribution in [3.05, 3.63) is 286 Å². The van der Waals surface area contributed by atoms with E-state index in [-0.39, 0.29) is 74.8 Å². The number of nitrogen functional groups attached to an aromatic ring is 1. The van der Waals surface area contributed by atoms with E-state index in [1.54, 1.807) is 78.9 Å². The molecule has 0 bridgehead atoms. The number of aryl methyl sites for hydroxylation is 1. The van der Waals surface area contributed by atoms with Crippen molar-refractivity contribution in [3.63, 3.8) is 0 Å². The molecule has 10 N–H and O–H groups in total. The number of benzene rings is 6. The zero-order chi connectivity index (χ0) is 72.2. The number of esters is 2. The van der Waals surface area contributed by atoms with E-state index in [9.17, 15) is 69.5 Å². The number of aromatic carboxylic acids is 1. The number of hydrogen-bond donors (Lipinski definition) is 8. The van der Waals surface area contributed by atoms with Gasteiger partial charge in [0.05, 0.1) is 25.3 Å². The summed E-state index contributed by atoms with van der Waals surface area (Å²) in [7, 11) is 2.52. The number of halogens is 6. The number of aromatic nitrogens is 3. The first-order chi connectivity index (χ1) is 47.0. The van der Waals surface area contributed by atoms with Crippen LogP contribution in [0.5, 0.6) is 0 Å². The van der Waals surface area contributed by atoms with Crippen LogP contribution in [0.15, 0.2) is 219 Å². The van der Waals surface area contributed by atoms with Gasteiger partial charge in [-0.15, -0.1) is 0 Å². The molecule has 9 rings (SSSR count). The molecule has 0 aliphatic carbocycles. The van der Waals surface area contributed by atoms with E-state index >= 15 is 0 Å². The minimum Gasteiger partial charge on any atom is -0.870 e. The molecule has 0 unspecified atom stereocenters. The van der Waals surface area contributed by atoms with Gasteiger partial charge in [0, 0.05) is 87.6 Å². The van der Waals surface area contributed by atoms with Gasteiger partial charge in [-0.2, -0.15) is 26.3 Å². The van der Waals surface area contributed by atoms with Crippen LogP contribution in [0.3, 0.4) is 0 Å². The minimum atomic E-state index is -4.56. The van der Waals surface area contributed by atoms with Crippen molar-refractivity contribution < 1.29 is 124 Å². The molecule has 514 valence electrons. The summed E-state index contributed by atoms with van der Waals surface area (Å²) in [4.78, 5) is 116. The van der Waals surface area contributed by atoms with Gasteiger partial charge in [0.15, 0.2) is 0 Å². The molecule has 30 heteroatoms. The first-order valence-corrected chi connectivity index (χ1v) is 28.6. The average molecular weight is 1400 g/mol. The number of nitrogens with two attached hydrogens (primary N) is 1. The first-order valence-electron chi connectivity index (χ1n) is 28.6. The van der Waals surface area contributed by atoms with Gasteiger partial charge < -0.3 is 57.5 Å². The summed E-state index contributed by atoms with van der Waals surface area (Å²) in [6.07, 6.45) is 2.85. The van der Waals surface area contributed by atoms with E-state index in [0.717, 1.165) is 48.0 Å². The largest absolute Gasteiger partial charge is 1.00 e. The summed E-state index contributed by atoms with van der Waals surface area (Å²) < 4.78 is 86.2. The van der Waals surface area contributed by atoms with Crippen LogP contribution in [-0.2, 0) is 36.2 Å². The van der Waals surface area contributed by atoms with Gasteiger partial charge in [0.25, 0.3) is 17.7 Å². The third-order valence-corrected chi connectivity index (χ3v) is 12.7. The van der Waals surface area contributed by atoms with Crippen LogP contribution in [0.4, 0.5) is 60.5 Å². The molecule has 5 amide bonds. The predicted molar refractivity (Wildman–Crippen MR) is 358 cm³/mol. The zero-order valence-electron chi connectivity index (χ0n) is 53.5. The maximum Gasteiger partial charge on any atom is 1.00 e. The van der Waals surface area contributed by atoms with Crippen molar-refractivity contribution in [2.24, 2.45) is 0 Å². The van der Waals surface area contributed by atoms with Crippen LogP contribution in [0.2, 0.25) is 0 Å². The predicted octanol–water partition coefficient (Wildman–Crippen LogP) is 10.1. The number of nitrogens with one attached hydrogen (secondary N) is 5. The first kappa shape index (κ1) is 81.0. The molecule has 0 aliphatic heterocycles. The van der Waals surface area contributed by atoms with Crippen molar-refractivity contribution in [2.45, 2.75) is 19.3 Å². The second-order valence-corrected chi connectivity index (χ2v) is 20.2. The zero-order valence-corrected chi connectivity index (χ0v) is 55.5. The fraction of sp³-hybridized carbons (Fsp3) is 0.0704. The number of carboxylic acids is 2. The number of rotatable bonds is 17. The molecule has 0 atom stereocenters. The fourth-order valence-corrected chi connectivity index (χ4v) is 8.12. The number of alkyl halides is 6. The molecule has 0 fully saturated rings. The maximum atomic E-state index is 12.9. The average Bonchev–Trinajstić information content (AvgIpc) is 0.844. The van der Waals surface area contributed by atoms with Crippen molar-refractivity contribution in [2.75, 3.05) is 46.5 Å². The number of hydrogen-bond acceptors (Lipinski definition) is 16. The van der Waals surface area contributed by atoms with Gasteiger partial charge in [-0.25, -0.2) is 34.1 Å². The molecule has 0 radical (unpaired) electrons. The molecule has 3 aromatic heterocycles. The molecule has 6 aromatic carbocycles. The molecule has 0 aliphatic rings. The quantitative estimate of drug-likeness (QED) is 0.0182. The monoisotopic (exact) mass is 1400 g/mol. The van der Waals surface area contributed by atoms with E-state index < -0.39 is 71.0 Å². The summed E-state index contributed by atoms with van der Waals surface area (Å²) in [5, 5.41) is 30.5. The summed E-state index contributed by atoms with van der Waals surface area (Å²) in [5.41, 5.74) is 9.07. The van der Waals surface area contributed by atoms with Crippen LogP contribution >= 0.6 is 0 Å². The van der Waals surface area contributed by atoms with E-state index in [4.69, 9.17) is 15.9 Å². The van der Waals surface area contributed by atoms with Crippen LogP contribution in [0, 0.1) is 6.92 Å². The molecule has 101 heavy (non-hydrogen) atoms. The SMILES string of the molecule is COC(=O)c1cc(N)ccn1.COC(=O)c1cc(NC(=O)/C=C/c2cccc(NC(=O)c3cccc(C(F)(F)F)c3)c2)ccn1.Cc1cccc(C(=O)Nc2cccc(/C=C/C(=O)O)c2)c1.O=C(/C=C/c1cccc(NC(=O)c2cccc(C(F)(F)F)c2)c1)Nc1ccnc(C(=O)O)c1.[Na+].[OH-]. The van der Waals surface area contributed by atoms with Crippen molar-refractivity contribution in [1.82, 2.24) is 15.0 Å². The molecule has 23 nitrogen and oxygen atoms in total. The number of aliphatic carboxylic acids is 1. The topological polar surface area (TPSA) is 367 Å². The van der Waals surface area contributed by atoms with E-state index in [0.29, 0.717) is 50.7 Å². The summed E-state index contributed by atoms with van der Waals surface area (Å²) in [5.74, 6) is -5.99. The Kier molecular flexibility index (Phi) is 31.3. The smallest absolute Gasteiger partial charge is 0.870 e. The van der Waals surface area contributed by atoms with Crippen LogP contribution in [-0.4, -0.2) is 98.3 Å². The Bertz CT molecular complexity index is 4550. The Morgan fingerprint density at radius 3 is 1.15 bits per heavy atom. The molecular formula is C71H58F6N9NaO14. The van der Waals surface area contributed by atoms with Gasteiger partial charge in [-0.1, -0.05) is 66.2 Å². The van der Waals surface area contributed by atoms with E-state index in [2.05, 4.69) is 51.0 Å². The molecular weight excluding hydrogens is 1340 g/mol. The number of carbonyl (C=O) groups excluding carboxylic acids is 7. The second-order valence-electron chi connectivity index (χ2n) is 20.2. The number of ether oxygens (including phenoxy) is 2. The number of nitrogens with zero attached hydrogens (tertiary/aromatic N) is 3. The van der Waals surface area contributed by atoms with Crippen molar-refractivity contribution in [1.29, 1.82) is 0 Å². The Labute approximate surface area is 593 Å². The number of carboxylic acid groups (broad SMARTS) is 2. The Morgan fingerprint density at radius 2 is 0.772 bits per heavy atom. The van der Waals surface area contributed by atoms with Crippen molar-refractivity contribution in [3.8, 4) is 0 Å². The summed E-state index contributed by atoms with van der Waals surface area (Å²) in [6, 6.07) is 43.8. The molecule has 9 aromatic rings. The molecule has 0 saturated heterocycles. The van der Waals surface area contributed by atoms with Gasteiger partial charge >= 0.3 is 65.8 Å². The number of amides is 5. The maximum absolute atomic E-state index is 12.9. The third kappa shape index (κ3) is 27.5. The number of methoxy groups -OCH3 is 2. The summed E-state index contributed by atoms with van der Waals surface area (Å²) >= 11 is 0. The molecule has 0 saturated carbocycles. The number of anilines is 6. The second kappa shape index (κ2) is 39.1. The van der Waals surface area contributed by atoms with E-state index in [1.165, 1.54) is 112 Å².